The summed E-state index contributed by atoms with van der Waals surface area (Å²) >= 11 is 0. The van der Waals surface area contributed by atoms with E-state index in [0.29, 0.717) is 23.8 Å². The fourth-order valence-corrected chi connectivity index (χ4v) is 6.09. The normalized spacial score (nSPS) is 18.0. The monoisotopic (exact) mass is 511 g/mol. The van der Waals surface area contributed by atoms with Gasteiger partial charge >= 0.3 is 0 Å². The van der Waals surface area contributed by atoms with Crippen molar-refractivity contribution in [3.05, 3.63) is 77.0 Å². The molecular weight excluding hydrogens is 474 g/mol. The lowest BCUT2D eigenvalue weighted by atomic mass is 9.87. The smallest absolute Gasteiger partial charge is 0.259 e. The minimum atomic E-state index is -0.162. The number of hydrogen-bond donors (Lipinski definition) is 3. The molecule has 3 aromatic rings. The molecule has 38 heavy (non-hydrogen) atoms. The maximum atomic E-state index is 13.4. The highest BCUT2D eigenvalue weighted by Gasteiger charge is 2.36. The Kier molecular flexibility index (Phi) is 6.70. The summed E-state index contributed by atoms with van der Waals surface area (Å²) < 4.78 is 5.62. The third-order valence-electron chi connectivity index (χ3n) is 8.12. The highest BCUT2D eigenvalue weighted by atomic mass is 16.5. The molecule has 0 radical (unpaired) electrons. The maximum absolute atomic E-state index is 13.4. The van der Waals surface area contributed by atoms with Crippen LogP contribution in [0.1, 0.15) is 53.7 Å². The number of pyridine rings is 1. The Morgan fingerprint density at radius 2 is 2.03 bits per heavy atom. The van der Waals surface area contributed by atoms with Gasteiger partial charge < -0.3 is 25.6 Å². The van der Waals surface area contributed by atoms with Crippen molar-refractivity contribution in [2.45, 2.75) is 45.1 Å². The summed E-state index contributed by atoms with van der Waals surface area (Å²) in [5.41, 5.74) is 6.41. The number of amides is 1. The number of benzene rings is 2. The zero-order chi connectivity index (χ0) is 26.1. The predicted octanol–water partition coefficient (Wildman–Crippen LogP) is 4.98. The second-order valence-electron chi connectivity index (χ2n) is 11.4. The topological polar surface area (TPSA) is 78.5 Å². The van der Waals surface area contributed by atoms with Gasteiger partial charge in [-0.05, 0) is 78.9 Å². The summed E-state index contributed by atoms with van der Waals surface area (Å²) in [4.78, 5) is 20.4. The van der Waals surface area contributed by atoms with E-state index in [-0.39, 0.29) is 11.3 Å². The molecule has 0 aliphatic carbocycles. The van der Waals surface area contributed by atoms with Crippen LogP contribution in [-0.4, -0.2) is 43.7 Å². The van der Waals surface area contributed by atoms with Gasteiger partial charge in [-0.2, -0.15) is 0 Å². The molecule has 1 saturated heterocycles. The lowest BCUT2D eigenvalue weighted by Gasteiger charge is -2.30. The SMILES string of the molecule is CC1(C)CN(CC2CCNCC2)c2cc(NC(=O)c3cccnc3NCc3ccc4c(c3)CCO4)ccc21. The van der Waals surface area contributed by atoms with E-state index < -0.39 is 0 Å². The van der Waals surface area contributed by atoms with Crippen LogP contribution in [0.3, 0.4) is 0 Å². The summed E-state index contributed by atoms with van der Waals surface area (Å²) in [6.07, 6.45) is 5.09. The van der Waals surface area contributed by atoms with Crippen LogP contribution in [0.25, 0.3) is 0 Å². The molecule has 3 N–H and O–H groups in total. The van der Waals surface area contributed by atoms with Crippen molar-refractivity contribution in [1.29, 1.82) is 0 Å². The van der Waals surface area contributed by atoms with E-state index in [0.717, 1.165) is 56.2 Å². The maximum Gasteiger partial charge on any atom is 0.259 e. The van der Waals surface area contributed by atoms with Gasteiger partial charge in [0.15, 0.2) is 0 Å². The summed E-state index contributed by atoms with van der Waals surface area (Å²) in [7, 11) is 0. The summed E-state index contributed by atoms with van der Waals surface area (Å²) in [6.45, 7) is 10.2. The van der Waals surface area contributed by atoms with Gasteiger partial charge in [-0.25, -0.2) is 4.98 Å². The number of ether oxygens (including phenoxy) is 1. The van der Waals surface area contributed by atoms with Crippen LogP contribution >= 0.6 is 0 Å². The predicted molar refractivity (Wildman–Crippen MR) is 152 cm³/mol. The summed E-state index contributed by atoms with van der Waals surface area (Å²) in [5.74, 6) is 2.10. The Balaban J connectivity index is 1.17. The highest BCUT2D eigenvalue weighted by molar-refractivity contribution is 6.07. The Hall–Kier alpha value is -3.58. The van der Waals surface area contributed by atoms with Crippen molar-refractivity contribution < 1.29 is 9.53 Å². The number of piperidine rings is 1. The third kappa shape index (κ3) is 5.07. The first-order chi connectivity index (χ1) is 18.5. The van der Waals surface area contributed by atoms with Crippen molar-refractivity contribution in [2.24, 2.45) is 5.92 Å². The molecule has 1 amide bonds. The quantitative estimate of drug-likeness (QED) is 0.415. The molecule has 0 atom stereocenters. The molecule has 3 aliphatic rings. The average molecular weight is 512 g/mol. The number of anilines is 3. The molecule has 3 aliphatic heterocycles. The van der Waals surface area contributed by atoms with Crippen LogP contribution in [0.4, 0.5) is 17.2 Å². The Morgan fingerprint density at radius 3 is 2.89 bits per heavy atom. The largest absolute Gasteiger partial charge is 0.493 e. The van der Waals surface area contributed by atoms with Gasteiger partial charge in [0.1, 0.15) is 11.6 Å². The fourth-order valence-electron chi connectivity index (χ4n) is 6.09. The molecule has 7 heteroatoms. The van der Waals surface area contributed by atoms with Gasteiger partial charge in [0.25, 0.3) is 5.91 Å². The van der Waals surface area contributed by atoms with Gasteiger partial charge in [-0.1, -0.05) is 32.0 Å². The molecule has 1 fully saturated rings. The molecule has 0 unspecified atom stereocenters. The number of nitrogens with one attached hydrogen (secondary N) is 3. The van der Waals surface area contributed by atoms with E-state index in [4.69, 9.17) is 4.74 Å². The highest BCUT2D eigenvalue weighted by Crippen LogP contribution is 2.42. The molecule has 0 saturated carbocycles. The van der Waals surface area contributed by atoms with Crippen molar-refractivity contribution in [3.63, 3.8) is 0 Å². The van der Waals surface area contributed by atoms with E-state index in [1.54, 1.807) is 12.3 Å². The van der Waals surface area contributed by atoms with Gasteiger partial charge in [0.2, 0.25) is 0 Å². The van der Waals surface area contributed by atoms with Crippen LogP contribution in [0, 0.1) is 5.92 Å². The number of rotatable bonds is 7. The lowest BCUT2D eigenvalue weighted by Crippen LogP contribution is -2.37. The number of fused-ring (bicyclic) bond motifs is 2. The van der Waals surface area contributed by atoms with Gasteiger partial charge in [0.05, 0.1) is 12.2 Å². The molecule has 2 aromatic carbocycles. The van der Waals surface area contributed by atoms with Crippen molar-refractivity contribution in [3.8, 4) is 5.75 Å². The van der Waals surface area contributed by atoms with Crippen LogP contribution in [0.15, 0.2) is 54.7 Å². The second kappa shape index (κ2) is 10.3. The van der Waals surface area contributed by atoms with Gasteiger partial charge in [-0.15, -0.1) is 0 Å². The number of carbonyl (C=O) groups excluding carboxylic acids is 1. The minimum Gasteiger partial charge on any atom is -0.493 e. The second-order valence-corrected chi connectivity index (χ2v) is 11.4. The lowest BCUT2D eigenvalue weighted by molar-refractivity contribution is 0.102. The molecule has 198 valence electrons. The van der Waals surface area contributed by atoms with E-state index in [1.165, 1.54) is 29.7 Å². The third-order valence-corrected chi connectivity index (χ3v) is 8.12. The van der Waals surface area contributed by atoms with Crippen LogP contribution in [0.5, 0.6) is 5.75 Å². The number of carbonyl (C=O) groups is 1. The number of nitrogens with zero attached hydrogens (tertiary/aromatic N) is 2. The molecule has 6 rings (SSSR count). The number of hydrogen-bond acceptors (Lipinski definition) is 6. The summed E-state index contributed by atoms with van der Waals surface area (Å²) in [5, 5.41) is 9.98. The zero-order valence-corrected chi connectivity index (χ0v) is 22.3. The van der Waals surface area contributed by atoms with Gasteiger partial charge in [-0.3, -0.25) is 4.79 Å². The molecule has 0 spiro atoms. The van der Waals surface area contributed by atoms with Crippen LogP contribution in [0.2, 0.25) is 0 Å². The molecule has 4 heterocycles. The van der Waals surface area contributed by atoms with Crippen molar-refractivity contribution >= 4 is 23.1 Å². The number of aromatic nitrogens is 1. The first-order valence-electron chi connectivity index (χ1n) is 13.8. The van der Waals surface area contributed by atoms with Crippen molar-refractivity contribution in [1.82, 2.24) is 10.3 Å². The molecule has 1 aromatic heterocycles. The molecule has 7 nitrogen and oxygen atoms in total. The Morgan fingerprint density at radius 1 is 1.16 bits per heavy atom. The first kappa shape index (κ1) is 24.7. The van der Waals surface area contributed by atoms with Crippen molar-refractivity contribution in [2.75, 3.05) is 48.3 Å². The standard InChI is InChI=1S/C31H37N5O2/c1-31(2)20-36(19-21-9-13-32-14-10-21)27-17-24(6-7-26(27)31)35-30(37)25-4-3-12-33-29(25)34-18-22-5-8-28-23(16-22)11-15-38-28/h3-8,12,16-17,21,32H,9-11,13-15,18-20H2,1-2H3,(H,33,34)(H,35,37). The van der Waals surface area contributed by atoms with E-state index in [2.05, 4.69) is 63.9 Å². The molecule has 0 bridgehead atoms. The van der Waals surface area contributed by atoms with Crippen LogP contribution < -0.4 is 25.6 Å². The van der Waals surface area contributed by atoms with E-state index >= 15 is 0 Å². The van der Waals surface area contributed by atoms with E-state index in [9.17, 15) is 4.79 Å². The zero-order valence-electron chi connectivity index (χ0n) is 22.3. The summed E-state index contributed by atoms with van der Waals surface area (Å²) in [6, 6.07) is 16.2. The van der Waals surface area contributed by atoms with E-state index in [1.807, 2.05) is 18.2 Å². The van der Waals surface area contributed by atoms with Crippen LogP contribution in [-0.2, 0) is 18.4 Å². The first-order valence-corrected chi connectivity index (χ1v) is 13.8. The Labute approximate surface area is 225 Å². The minimum absolute atomic E-state index is 0.0922. The Bertz CT molecular complexity index is 1330. The molecular formula is C31H37N5O2. The average Bonchev–Trinajstić information content (AvgIpc) is 3.49. The fraction of sp³-hybridized carbons (Fsp3) is 0.419. The van der Waals surface area contributed by atoms with Gasteiger partial charge in [0, 0.05) is 49.0 Å².